The lowest BCUT2D eigenvalue weighted by Gasteiger charge is -2.22. The molecule has 0 bridgehead atoms. The monoisotopic (exact) mass is 285 g/mol. The van der Waals surface area contributed by atoms with Gasteiger partial charge in [0.1, 0.15) is 11.6 Å². The molecule has 106 valence electrons. The van der Waals surface area contributed by atoms with E-state index in [-0.39, 0.29) is 11.8 Å². The van der Waals surface area contributed by atoms with Crippen molar-refractivity contribution in [3.8, 4) is 5.75 Å². The summed E-state index contributed by atoms with van der Waals surface area (Å²) in [6, 6.07) is 7.63. The Labute approximate surface area is 119 Å². The SMILES string of the molecule is CCOCCN(Cc1ccc(OC)cc1)C(=O)CCl. The number of halogens is 1. The summed E-state index contributed by atoms with van der Waals surface area (Å²) >= 11 is 5.62. The molecule has 0 atom stereocenters. The van der Waals surface area contributed by atoms with Gasteiger partial charge in [0.2, 0.25) is 5.91 Å². The van der Waals surface area contributed by atoms with Gasteiger partial charge in [-0.3, -0.25) is 4.79 Å². The fourth-order valence-corrected chi connectivity index (χ4v) is 1.82. The van der Waals surface area contributed by atoms with Crippen molar-refractivity contribution < 1.29 is 14.3 Å². The Morgan fingerprint density at radius 3 is 2.53 bits per heavy atom. The summed E-state index contributed by atoms with van der Waals surface area (Å²) in [6.45, 7) is 4.17. The van der Waals surface area contributed by atoms with Crippen LogP contribution in [0.3, 0.4) is 0 Å². The molecule has 4 nitrogen and oxygen atoms in total. The van der Waals surface area contributed by atoms with E-state index >= 15 is 0 Å². The van der Waals surface area contributed by atoms with Gasteiger partial charge in [-0.1, -0.05) is 12.1 Å². The van der Waals surface area contributed by atoms with Gasteiger partial charge < -0.3 is 14.4 Å². The lowest BCUT2D eigenvalue weighted by atomic mass is 10.2. The second-order valence-corrected chi connectivity index (χ2v) is 4.26. The van der Waals surface area contributed by atoms with Gasteiger partial charge in [0.25, 0.3) is 0 Å². The number of benzene rings is 1. The van der Waals surface area contributed by atoms with Gasteiger partial charge in [0, 0.05) is 19.7 Å². The molecule has 5 heteroatoms. The minimum absolute atomic E-state index is 0.0116. The fourth-order valence-electron chi connectivity index (χ4n) is 1.65. The highest BCUT2D eigenvalue weighted by atomic mass is 35.5. The van der Waals surface area contributed by atoms with Crippen LogP contribution in [0.25, 0.3) is 0 Å². The van der Waals surface area contributed by atoms with Crippen molar-refractivity contribution in [3.05, 3.63) is 29.8 Å². The maximum Gasteiger partial charge on any atom is 0.237 e. The zero-order chi connectivity index (χ0) is 14.1. The van der Waals surface area contributed by atoms with E-state index in [0.29, 0.717) is 26.3 Å². The van der Waals surface area contributed by atoms with Crippen molar-refractivity contribution in [1.82, 2.24) is 4.90 Å². The van der Waals surface area contributed by atoms with Gasteiger partial charge in [-0.05, 0) is 24.6 Å². The number of carbonyl (C=O) groups is 1. The summed E-state index contributed by atoms with van der Waals surface area (Å²) in [7, 11) is 1.63. The van der Waals surface area contributed by atoms with Gasteiger partial charge in [-0.25, -0.2) is 0 Å². The number of rotatable bonds is 8. The van der Waals surface area contributed by atoms with E-state index in [1.165, 1.54) is 0 Å². The van der Waals surface area contributed by atoms with E-state index in [1.54, 1.807) is 12.0 Å². The van der Waals surface area contributed by atoms with Gasteiger partial charge in [0.05, 0.1) is 13.7 Å². The molecule has 0 radical (unpaired) electrons. The third kappa shape index (κ3) is 5.49. The molecule has 0 N–H and O–H groups in total. The molecule has 1 rings (SSSR count). The van der Waals surface area contributed by atoms with Crippen molar-refractivity contribution in [2.24, 2.45) is 0 Å². The Morgan fingerprint density at radius 2 is 2.00 bits per heavy atom. The first-order valence-electron chi connectivity index (χ1n) is 6.25. The summed E-state index contributed by atoms with van der Waals surface area (Å²) in [4.78, 5) is 13.4. The van der Waals surface area contributed by atoms with E-state index < -0.39 is 0 Å². The van der Waals surface area contributed by atoms with E-state index in [0.717, 1.165) is 11.3 Å². The highest BCUT2D eigenvalue weighted by molar-refractivity contribution is 6.27. The second kappa shape index (κ2) is 8.77. The third-order valence-corrected chi connectivity index (χ3v) is 2.94. The number of amides is 1. The molecule has 0 aliphatic carbocycles. The third-order valence-electron chi connectivity index (χ3n) is 2.71. The molecule has 0 saturated carbocycles. The van der Waals surface area contributed by atoms with Gasteiger partial charge >= 0.3 is 0 Å². The Bertz CT molecular complexity index is 381. The van der Waals surface area contributed by atoms with Crippen LogP contribution in [-0.4, -0.2) is 43.6 Å². The molecule has 0 heterocycles. The molecule has 1 aromatic carbocycles. The molecule has 0 fully saturated rings. The normalized spacial score (nSPS) is 10.3. The maximum atomic E-state index is 11.7. The van der Waals surface area contributed by atoms with Crippen LogP contribution in [0.2, 0.25) is 0 Å². The van der Waals surface area contributed by atoms with Crippen LogP contribution >= 0.6 is 11.6 Å². The number of alkyl halides is 1. The van der Waals surface area contributed by atoms with Crippen LogP contribution in [0.15, 0.2) is 24.3 Å². The molecule has 0 unspecified atom stereocenters. The number of carbonyl (C=O) groups excluding carboxylic acids is 1. The van der Waals surface area contributed by atoms with Crippen LogP contribution in [0.1, 0.15) is 12.5 Å². The molecule has 0 aromatic heterocycles. The van der Waals surface area contributed by atoms with Gasteiger partial charge in [-0.15, -0.1) is 11.6 Å². The van der Waals surface area contributed by atoms with Crippen molar-refractivity contribution in [1.29, 1.82) is 0 Å². The van der Waals surface area contributed by atoms with Crippen LogP contribution in [0, 0.1) is 0 Å². The average Bonchev–Trinajstić information content (AvgIpc) is 2.46. The Morgan fingerprint density at radius 1 is 1.32 bits per heavy atom. The summed E-state index contributed by atoms with van der Waals surface area (Å²) < 4.78 is 10.4. The number of hydrogen-bond donors (Lipinski definition) is 0. The van der Waals surface area contributed by atoms with E-state index in [9.17, 15) is 4.79 Å². The summed E-state index contributed by atoms with van der Waals surface area (Å²) in [5.74, 6) is 0.702. The van der Waals surface area contributed by atoms with E-state index in [1.807, 2.05) is 31.2 Å². The molecule has 0 spiro atoms. The first-order valence-corrected chi connectivity index (χ1v) is 6.79. The largest absolute Gasteiger partial charge is 0.497 e. The first kappa shape index (κ1) is 15.8. The van der Waals surface area contributed by atoms with Crippen molar-refractivity contribution >= 4 is 17.5 Å². The topological polar surface area (TPSA) is 38.8 Å². The van der Waals surface area contributed by atoms with Crippen LogP contribution in [0.4, 0.5) is 0 Å². The van der Waals surface area contributed by atoms with Crippen molar-refractivity contribution in [3.63, 3.8) is 0 Å². The molecule has 1 aromatic rings. The smallest absolute Gasteiger partial charge is 0.237 e. The molecule has 1 amide bonds. The molecular weight excluding hydrogens is 266 g/mol. The summed E-state index contributed by atoms with van der Waals surface area (Å²) in [5.41, 5.74) is 1.04. The minimum atomic E-state index is -0.0859. The number of hydrogen-bond acceptors (Lipinski definition) is 3. The van der Waals surface area contributed by atoms with E-state index in [2.05, 4.69) is 0 Å². The second-order valence-electron chi connectivity index (χ2n) is 3.99. The standard InChI is InChI=1S/C14H20ClNO3/c1-3-19-9-8-16(14(17)10-15)11-12-4-6-13(18-2)7-5-12/h4-7H,3,8-11H2,1-2H3. The Balaban J connectivity index is 2.61. The first-order chi connectivity index (χ1) is 9.21. The lowest BCUT2D eigenvalue weighted by Crippen LogP contribution is -2.34. The summed E-state index contributed by atoms with van der Waals surface area (Å²) in [6.07, 6.45) is 0. The molecular formula is C14H20ClNO3. The highest BCUT2D eigenvalue weighted by Crippen LogP contribution is 2.13. The number of ether oxygens (including phenoxy) is 2. The highest BCUT2D eigenvalue weighted by Gasteiger charge is 2.12. The zero-order valence-corrected chi connectivity index (χ0v) is 12.2. The molecule has 0 aliphatic heterocycles. The molecule has 0 saturated heterocycles. The molecule has 19 heavy (non-hydrogen) atoms. The average molecular weight is 286 g/mol. The maximum absolute atomic E-state index is 11.7. The van der Waals surface area contributed by atoms with Gasteiger partial charge in [-0.2, -0.15) is 0 Å². The zero-order valence-electron chi connectivity index (χ0n) is 11.4. The van der Waals surface area contributed by atoms with Crippen LogP contribution in [-0.2, 0) is 16.1 Å². The predicted octanol–water partition coefficient (Wildman–Crippen LogP) is 2.30. The minimum Gasteiger partial charge on any atom is -0.497 e. The van der Waals surface area contributed by atoms with E-state index in [4.69, 9.17) is 21.1 Å². The van der Waals surface area contributed by atoms with Crippen molar-refractivity contribution in [2.45, 2.75) is 13.5 Å². The number of nitrogens with zero attached hydrogens (tertiary/aromatic N) is 1. The quantitative estimate of drug-likeness (QED) is 0.543. The number of methoxy groups -OCH3 is 1. The summed E-state index contributed by atoms with van der Waals surface area (Å²) in [5, 5.41) is 0. The van der Waals surface area contributed by atoms with Crippen LogP contribution < -0.4 is 4.74 Å². The van der Waals surface area contributed by atoms with Crippen molar-refractivity contribution in [2.75, 3.05) is 32.7 Å². The Kier molecular flexibility index (Phi) is 7.30. The lowest BCUT2D eigenvalue weighted by molar-refractivity contribution is -0.129. The van der Waals surface area contributed by atoms with Gasteiger partial charge in [0.15, 0.2) is 0 Å². The molecule has 0 aliphatic rings. The predicted molar refractivity (Wildman–Crippen MR) is 75.6 cm³/mol. The Hall–Kier alpha value is -1.26. The van der Waals surface area contributed by atoms with Crippen LogP contribution in [0.5, 0.6) is 5.75 Å². The fraction of sp³-hybridized carbons (Fsp3) is 0.500.